The second kappa shape index (κ2) is 5.21. The number of hydrogen-bond acceptors (Lipinski definition) is 2. The third kappa shape index (κ3) is 2.37. The topological polar surface area (TPSA) is 86.2 Å². The Hall–Kier alpha value is -1.84. The first-order chi connectivity index (χ1) is 8.61. The van der Waals surface area contributed by atoms with Crippen LogP contribution in [-0.2, 0) is 12.8 Å². The number of carbonyl (C=O) groups is 2. The van der Waals surface area contributed by atoms with Gasteiger partial charge in [-0.3, -0.25) is 9.59 Å². The molecule has 2 rings (SSSR count). The third-order valence-electron chi connectivity index (χ3n) is 3.54. The van der Waals surface area contributed by atoms with Crippen LogP contribution in [0.15, 0.2) is 12.1 Å². The third-order valence-corrected chi connectivity index (χ3v) is 3.54. The Morgan fingerprint density at radius 3 is 2.17 bits per heavy atom. The van der Waals surface area contributed by atoms with E-state index in [1.165, 1.54) is 6.42 Å². The van der Waals surface area contributed by atoms with Gasteiger partial charge < -0.3 is 11.5 Å². The van der Waals surface area contributed by atoms with Gasteiger partial charge in [0.05, 0.1) is 11.1 Å². The normalized spacial score (nSPS) is 15.3. The second-order valence-electron chi connectivity index (χ2n) is 4.77. The molecule has 0 radical (unpaired) electrons. The molecule has 4 heteroatoms. The monoisotopic (exact) mass is 246 g/mol. The molecule has 1 aromatic carbocycles. The van der Waals surface area contributed by atoms with Crippen molar-refractivity contribution in [1.82, 2.24) is 0 Å². The summed E-state index contributed by atoms with van der Waals surface area (Å²) in [5.41, 5.74) is 13.4. The van der Waals surface area contributed by atoms with Crippen LogP contribution in [0.25, 0.3) is 0 Å². The van der Waals surface area contributed by atoms with Gasteiger partial charge in [-0.05, 0) is 42.9 Å². The molecular formula is C14H18N2O2. The van der Waals surface area contributed by atoms with Crippen molar-refractivity contribution in [1.29, 1.82) is 0 Å². The first-order valence-electron chi connectivity index (χ1n) is 6.35. The van der Waals surface area contributed by atoms with E-state index in [2.05, 4.69) is 0 Å². The van der Waals surface area contributed by atoms with Gasteiger partial charge in [0.1, 0.15) is 0 Å². The van der Waals surface area contributed by atoms with Crippen LogP contribution in [0.1, 0.15) is 57.5 Å². The highest BCUT2D eigenvalue weighted by Gasteiger charge is 2.20. The number of rotatable bonds is 2. The van der Waals surface area contributed by atoms with Crippen molar-refractivity contribution in [2.75, 3.05) is 0 Å². The fraction of sp³-hybridized carbons (Fsp3) is 0.429. The van der Waals surface area contributed by atoms with Crippen LogP contribution in [0.5, 0.6) is 0 Å². The maximum atomic E-state index is 11.6. The Labute approximate surface area is 106 Å². The minimum atomic E-state index is -0.589. The molecule has 0 heterocycles. The maximum absolute atomic E-state index is 11.6. The maximum Gasteiger partial charge on any atom is 0.249 e. The zero-order valence-corrected chi connectivity index (χ0v) is 10.4. The fourth-order valence-corrected chi connectivity index (χ4v) is 2.67. The first kappa shape index (κ1) is 12.6. The highest BCUT2D eigenvalue weighted by atomic mass is 16.2. The molecule has 0 atom stereocenters. The summed E-state index contributed by atoms with van der Waals surface area (Å²) in [6.07, 6.45) is 6.24. The minimum absolute atomic E-state index is 0.252. The van der Waals surface area contributed by atoms with E-state index in [1.54, 1.807) is 6.07 Å². The zero-order valence-electron chi connectivity index (χ0n) is 10.4. The van der Waals surface area contributed by atoms with Crippen molar-refractivity contribution in [3.8, 4) is 0 Å². The lowest BCUT2D eigenvalue weighted by Crippen LogP contribution is -2.23. The van der Waals surface area contributed by atoms with Crippen molar-refractivity contribution in [2.45, 2.75) is 38.5 Å². The summed E-state index contributed by atoms with van der Waals surface area (Å²) in [7, 11) is 0. The van der Waals surface area contributed by atoms with Crippen LogP contribution < -0.4 is 11.5 Å². The number of primary amides is 2. The molecule has 18 heavy (non-hydrogen) atoms. The van der Waals surface area contributed by atoms with Crippen LogP contribution in [0.2, 0.25) is 0 Å². The molecule has 0 saturated carbocycles. The van der Waals surface area contributed by atoms with Crippen LogP contribution in [-0.4, -0.2) is 11.8 Å². The lowest BCUT2D eigenvalue weighted by atomic mass is 9.87. The van der Waals surface area contributed by atoms with E-state index >= 15 is 0 Å². The molecule has 2 amide bonds. The molecule has 0 spiro atoms. The van der Waals surface area contributed by atoms with Gasteiger partial charge in [-0.25, -0.2) is 0 Å². The average Bonchev–Trinajstić information content (AvgIpc) is 2.28. The summed E-state index contributed by atoms with van der Waals surface area (Å²) in [5.74, 6) is -1.14. The molecule has 1 aliphatic carbocycles. The molecular weight excluding hydrogens is 228 g/mol. The molecule has 0 saturated heterocycles. The number of benzene rings is 1. The van der Waals surface area contributed by atoms with Crippen molar-refractivity contribution < 1.29 is 9.59 Å². The van der Waals surface area contributed by atoms with Gasteiger partial charge in [0, 0.05) is 0 Å². The van der Waals surface area contributed by atoms with Crippen molar-refractivity contribution in [3.63, 3.8) is 0 Å². The Bertz CT molecular complexity index is 495. The summed E-state index contributed by atoms with van der Waals surface area (Å²) in [6.45, 7) is 0. The zero-order chi connectivity index (χ0) is 13.1. The van der Waals surface area contributed by atoms with Crippen LogP contribution >= 0.6 is 0 Å². The molecule has 4 N–H and O–H groups in total. The van der Waals surface area contributed by atoms with E-state index in [1.807, 2.05) is 6.07 Å². The largest absolute Gasteiger partial charge is 0.366 e. The summed E-state index contributed by atoms with van der Waals surface area (Å²) < 4.78 is 0. The molecule has 0 bridgehead atoms. The number of fused-ring (bicyclic) bond motifs is 1. The Morgan fingerprint density at radius 1 is 0.889 bits per heavy atom. The molecule has 0 fully saturated rings. The number of aryl methyl sites for hydroxylation is 1. The molecule has 4 nitrogen and oxygen atoms in total. The second-order valence-corrected chi connectivity index (χ2v) is 4.77. The quantitative estimate of drug-likeness (QED) is 0.829. The first-order valence-corrected chi connectivity index (χ1v) is 6.35. The Balaban J connectivity index is 2.59. The van der Waals surface area contributed by atoms with Crippen LogP contribution in [0, 0.1) is 0 Å². The summed E-state index contributed by atoms with van der Waals surface area (Å²) in [6, 6.07) is 3.54. The average molecular weight is 246 g/mol. The van der Waals surface area contributed by atoms with E-state index in [4.69, 9.17) is 11.5 Å². The van der Waals surface area contributed by atoms with Crippen molar-refractivity contribution in [2.24, 2.45) is 11.5 Å². The number of nitrogens with two attached hydrogens (primary N) is 2. The van der Waals surface area contributed by atoms with Crippen LogP contribution in [0.3, 0.4) is 0 Å². The van der Waals surface area contributed by atoms with Crippen LogP contribution in [0.4, 0.5) is 0 Å². The van der Waals surface area contributed by atoms with Crippen molar-refractivity contribution >= 4 is 11.8 Å². The molecule has 0 aliphatic heterocycles. The lowest BCUT2D eigenvalue weighted by molar-refractivity contribution is 0.0966. The molecule has 1 aliphatic rings. The number of amides is 2. The SMILES string of the molecule is NC(=O)c1ccc2c(c1C(N)=O)CCCCCC2. The van der Waals surface area contributed by atoms with Gasteiger partial charge in [-0.15, -0.1) is 0 Å². The highest BCUT2D eigenvalue weighted by Crippen LogP contribution is 2.25. The van der Waals surface area contributed by atoms with E-state index in [9.17, 15) is 9.59 Å². The molecule has 1 aromatic rings. The van der Waals surface area contributed by atoms with Gasteiger partial charge in [0.25, 0.3) is 0 Å². The van der Waals surface area contributed by atoms with Gasteiger partial charge >= 0.3 is 0 Å². The van der Waals surface area contributed by atoms with Gasteiger partial charge in [0.15, 0.2) is 0 Å². The molecule has 0 unspecified atom stereocenters. The standard InChI is InChI=1S/C14H18N2O2/c15-13(17)11-8-7-9-5-3-1-2-4-6-10(9)12(11)14(16)18/h7-8H,1-6H2,(H2,15,17)(H2,16,18). The van der Waals surface area contributed by atoms with Crippen molar-refractivity contribution in [3.05, 3.63) is 34.4 Å². The fourth-order valence-electron chi connectivity index (χ4n) is 2.67. The Morgan fingerprint density at radius 2 is 1.56 bits per heavy atom. The Kier molecular flexibility index (Phi) is 3.65. The summed E-state index contributed by atoms with van der Waals surface area (Å²) in [5, 5.41) is 0. The molecule has 96 valence electrons. The number of carbonyl (C=O) groups excluding carboxylic acids is 2. The smallest absolute Gasteiger partial charge is 0.249 e. The summed E-state index contributed by atoms with van der Waals surface area (Å²) >= 11 is 0. The van der Waals surface area contributed by atoms with E-state index < -0.39 is 11.8 Å². The van der Waals surface area contributed by atoms with E-state index in [0.29, 0.717) is 5.56 Å². The summed E-state index contributed by atoms with van der Waals surface area (Å²) in [4.78, 5) is 23.0. The predicted octanol–water partition coefficient (Wildman–Crippen LogP) is 1.54. The van der Waals surface area contributed by atoms with E-state index in [0.717, 1.165) is 43.2 Å². The van der Waals surface area contributed by atoms with Gasteiger partial charge in [-0.1, -0.05) is 18.9 Å². The predicted molar refractivity (Wildman–Crippen MR) is 69.4 cm³/mol. The number of hydrogen-bond donors (Lipinski definition) is 2. The molecule has 0 aromatic heterocycles. The minimum Gasteiger partial charge on any atom is -0.366 e. The van der Waals surface area contributed by atoms with Gasteiger partial charge in [-0.2, -0.15) is 0 Å². The van der Waals surface area contributed by atoms with E-state index in [-0.39, 0.29) is 5.56 Å². The highest BCUT2D eigenvalue weighted by molar-refractivity contribution is 6.07. The van der Waals surface area contributed by atoms with Gasteiger partial charge in [0.2, 0.25) is 11.8 Å². The lowest BCUT2D eigenvalue weighted by Gasteiger charge is -2.18.